The van der Waals surface area contributed by atoms with Crippen molar-refractivity contribution in [2.45, 2.75) is 49.9 Å². The minimum absolute atomic E-state index is 0.119. The number of thiophene rings is 1. The number of hydrogen-bond acceptors (Lipinski definition) is 7. The van der Waals surface area contributed by atoms with Crippen LogP contribution in [0, 0.1) is 0 Å². The lowest BCUT2D eigenvalue weighted by atomic mass is 9.97. The second-order valence-electron chi connectivity index (χ2n) is 9.14. The average molecular weight is 549 g/mol. The smallest absolute Gasteiger partial charge is 0.267 e. The number of rotatable bonds is 7. The Morgan fingerprint density at radius 2 is 1.79 bits per heavy atom. The second-order valence-corrected chi connectivity index (χ2v) is 11.5. The molecule has 0 spiro atoms. The number of amides is 2. The molecule has 0 saturated heterocycles. The van der Waals surface area contributed by atoms with Crippen molar-refractivity contribution in [3.63, 3.8) is 0 Å². The normalized spacial score (nSPS) is 13.6. The van der Waals surface area contributed by atoms with Gasteiger partial charge in [0.2, 0.25) is 11.8 Å². The second kappa shape index (κ2) is 11.0. The van der Waals surface area contributed by atoms with Crippen LogP contribution in [0.1, 0.15) is 37.1 Å². The summed E-state index contributed by atoms with van der Waals surface area (Å²) in [5, 5.41) is 6.21. The molecule has 1 atom stereocenters. The van der Waals surface area contributed by atoms with E-state index in [-0.39, 0.29) is 17.4 Å². The highest BCUT2D eigenvalue weighted by molar-refractivity contribution is 8.00. The van der Waals surface area contributed by atoms with Crippen LogP contribution in [0.2, 0.25) is 0 Å². The first-order valence-corrected chi connectivity index (χ1v) is 14.1. The van der Waals surface area contributed by atoms with E-state index >= 15 is 0 Å². The topological polar surface area (TPSA) is 102 Å². The van der Waals surface area contributed by atoms with Gasteiger partial charge in [0, 0.05) is 29.2 Å². The lowest BCUT2D eigenvalue weighted by molar-refractivity contribution is -0.115. The Balaban J connectivity index is 1.49. The number of ether oxygens (including phenoxy) is 1. The van der Waals surface area contributed by atoms with Crippen LogP contribution >= 0.6 is 23.1 Å². The molecule has 1 aliphatic carbocycles. The molecule has 4 aromatic rings. The van der Waals surface area contributed by atoms with Crippen molar-refractivity contribution in [2.75, 3.05) is 17.7 Å². The van der Waals surface area contributed by atoms with Crippen LogP contribution in [0.3, 0.4) is 0 Å². The van der Waals surface area contributed by atoms with Gasteiger partial charge in [-0.15, -0.1) is 11.3 Å². The Morgan fingerprint density at radius 1 is 1.08 bits per heavy atom. The monoisotopic (exact) mass is 548 g/mol. The van der Waals surface area contributed by atoms with Gasteiger partial charge in [0.25, 0.3) is 5.56 Å². The zero-order valence-corrected chi connectivity index (χ0v) is 23.0. The van der Waals surface area contributed by atoms with Crippen molar-refractivity contribution < 1.29 is 14.3 Å². The third-order valence-electron chi connectivity index (χ3n) is 6.39. The molecule has 0 fully saturated rings. The summed E-state index contributed by atoms with van der Waals surface area (Å²) < 4.78 is 7.01. The van der Waals surface area contributed by atoms with E-state index in [0.717, 1.165) is 36.1 Å². The Morgan fingerprint density at radius 3 is 2.50 bits per heavy atom. The fourth-order valence-electron chi connectivity index (χ4n) is 4.54. The average Bonchev–Trinajstić information content (AvgIpc) is 3.28. The standard InChI is InChI=1S/C28H28N4O4S2/c1-16(25(34)30-19-13-11-18(12-14-19)29-17(2)33)37-28-31-26-24(22-9-4-5-10-23(22)38-26)27(35)32(28)20-7-6-8-21(15-20)36-3/h6-8,11-16H,4-5,9-10H2,1-3H3,(H,29,33)(H,30,34)/t16-/m0/s1. The van der Waals surface area contributed by atoms with E-state index in [1.807, 2.05) is 18.2 Å². The number of thioether (sulfide) groups is 1. The molecule has 0 saturated carbocycles. The van der Waals surface area contributed by atoms with Gasteiger partial charge in [-0.05, 0) is 74.6 Å². The number of nitrogens with zero attached hydrogens (tertiary/aromatic N) is 2. The predicted molar refractivity (Wildman–Crippen MR) is 153 cm³/mol. The van der Waals surface area contributed by atoms with E-state index < -0.39 is 5.25 Å². The maximum absolute atomic E-state index is 14.0. The molecule has 0 radical (unpaired) electrons. The maximum Gasteiger partial charge on any atom is 0.267 e. The molecule has 2 amide bonds. The third kappa shape index (κ3) is 5.32. The number of anilines is 2. The lowest BCUT2D eigenvalue weighted by Crippen LogP contribution is -2.26. The SMILES string of the molecule is COc1cccc(-n2c(S[C@@H](C)C(=O)Nc3ccc(NC(C)=O)cc3)nc3sc4c(c3c2=O)CCCC4)c1. The van der Waals surface area contributed by atoms with Gasteiger partial charge < -0.3 is 15.4 Å². The van der Waals surface area contributed by atoms with Crippen LogP contribution in [-0.2, 0) is 22.4 Å². The van der Waals surface area contributed by atoms with Crippen LogP contribution < -0.4 is 20.9 Å². The number of aromatic nitrogens is 2. The van der Waals surface area contributed by atoms with Crippen molar-refractivity contribution >= 4 is 56.5 Å². The van der Waals surface area contributed by atoms with Gasteiger partial charge in [0.15, 0.2) is 5.16 Å². The largest absolute Gasteiger partial charge is 0.497 e. The number of methoxy groups -OCH3 is 1. The Labute approximate surface area is 228 Å². The number of carbonyl (C=O) groups excluding carboxylic acids is 2. The minimum atomic E-state index is -0.541. The molecule has 2 heterocycles. The number of benzene rings is 2. The van der Waals surface area contributed by atoms with E-state index in [2.05, 4.69) is 10.6 Å². The molecule has 196 valence electrons. The number of nitrogens with one attached hydrogen (secondary N) is 2. The number of aryl methyl sites for hydroxylation is 2. The fourth-order valence-corrected chi connectivity index (χ4v) is 6.77. The quantitative estimate of drug-likeness (QED) is 0.236. The molecule has 0 bridgehead atoms. The first-order chi connectivity index (χ1) is 18.3. The van der Waals surface area contributed by atoms with E-state index in [9.17, 15) is 14.4 Å². The summed E-state index contributed by atoms with van der Waals surface area (Å²) in [4.78, 5) is 45.2. The summed E-state index contributed by atoms with van der Waals surface area (Å²) in [6, 6.07) is 14.2. The first-order valence-electron chi connectivity index (χ1n) is 12.4. The molecule has 1 aliphatic rings. The molecular weight excluding hydrogens is 520 g/mol. The van der Waals surface area contributed by atoms with Gasteiger partial charge in [-0.1, -0.05) is 17.8 Å². The molecule has 0 aliphatic heterocycles. The van der Waals surface area contributed by atoms with Crippen LogP contribution in [0.25, 0.3) is 15.9 Å². The fraction of sp³-hybridized carbons (Fsp3) is 0.286. The van der Waals surface area contributed by atoms with Crippen molar-refractivity contribution in [1.29, 1.82) is 0 Å². The summed E-state index contributed by atoms with van der Waals surface area (Å²) in [6.45, 7) is 3.23. The zero-order valence-electron chi connectivity index (χ0n) is 21.4. The summed E-state index contributed by atoms with van der Waals surface area (Å²) >= 11 is 2.83. The zero-order chi connectivity index (χ0) is 26.8. The summed E-state index contributed by atoms with van der Waals surface area (Å²) in [5.74, 6) is 0.246. The van der Waals surface area contributed by atoms with Gasteiger partial charge >= 0.3 is 0 Å². The minimum Gasteiger partial charge on any atom is -0.497 e. The third-order valence-corrected chi connectivity index (χ3v) is 8.63. The molecule has 0 unspecified atom stereocenters. The van der Waals surface area contributed by atoms with Crippen LogP contribution in [0.15, 0.2) is 58.5 Å². The molecule has 2 aromatic carbocycles. The summed E-state index contributed by atoms with van der Waals surface area (Å²) in [5.41, 5.74) is 2.90. The summed E-state index contributed by atoms with van der Waals surface area (Å²) in [7, 11) is 1.59. The van der Waals surface area contributed by atoms with Crippen molar-refractivity contribution in [2.24, 2.45) is 0 Å². The molecule has 5 rings (SSSR count). The molecule has 8 nitrogen and oxygen atoms in total. The Bertz CT molecular complexity index is 1580. The number of fused-ring (bicyclic) bond motifs is 3. The lowest BCUT2D eigenvalue weighted by Gasteiger charge is -2.17. The highest BCUT2D eigenvalue weighted by Gasteiger charge is 2.25. The molecule has 2 aromatic heterocycles. The van der Waals surface area contributed by atoms with Crippen LogP contribution in [0.5, 0.6) is 5.75 Å². The van der Waals surface area contributed by atoms with Crippen molar-refractivity contribution in [1.82, 2.24) is 9.55 Å². The Kier molecular flexibility index (Phi) is 7.53. The van der Waals surface area contributed by atoms with Gasteiger partial charge in [-0.2, -0.15) is 0 Å². The predicted octanol–water partition coefficient (Wildman–Crippen LogP) is 5.41. The maximum atomic E-state index is 14.0. The van der Waals surface area contributed by atoms with Gasteiger partial charge in [0.05, 0.1) is 23.4 Å². The number of carbonyl (C=O) groups is 2. The molecule has 2 N–H and O–H groups in total. The summed E-state index contributed by atoms with van der Waals surface area (Å²) in [6.07, 6.45) is 4.04. The first kappa shape index (κ1) is 26.0. The molecular formula is C28H28N4O4S2. The van der Waals surface area contributed by atoms with E-state index in [1.165, 1.54) is 23.6 Å². The molecule has 38 heavy (non-hydrogen) atoms. The van der Waals surface area contributed by atoms with E-state index in [4.69, 9.17) is 9.72 Å². The van der Waals surface area contributed by atoms with E-state index in [0.29, 0.717) is 33.4 Å². The Hall–Kier alpha value is -3.63. The van der Waals surface area contributed by atoms with Gasteiger partial charge in [-0.25, -0.2) is 4.98 Å². The van der Waals surface area contributed by atoms with Gasteiger partial charge in [0.1, 0.15) is 10.6 Å². The van der Waals surface area contributed by atoms with Crippen molar-refractivity contribution in [3.8, 4) is 11.4 Å². The molecule has 10 heteroatoms. The highest BCUT2D eigenvalue weighted by Crippen LogP contribution is 2.36. The number of hydrogen-bond donors (Lipinski definition) is 2. The van der Waals surface area contributed by atoms with Crippen LogP contribution in [0.4, 0.5) is 11.4 Å². The highest BCUT2D eigenvalue weighted by atomic mass is 32.2. The van der Waals surface area contributed by atoms with E-state index in [1.54, 1.807) is 60.3 Å². The van der Waals surface area contributed by atoms with Crippen LogP contribution in [-0.4, -0.2) is 33.7 Å². The van der Waals surface area contributed by atoms with Crippen molar-refractivity contribution in [3.05, 3.63) is 69.3 Å². The van der Waals surface area contributed by atoms with Gasteiger partial charge in [-0.3, -0.25) is 19.0 Å².